The number of nitrogens with zero attached hydrogens (tertiary/aromatic N) is 4. The number of anilines is 1. The summed E-state index contributed by atoms with van der Waals surface area (Å²) in [6, 6.07) is 7.00. The Labute approximate surface area is 180 Å². The molecule has 30 heavy (non-hydrogen) atoms. The maximum Gasteiger partial charge on any atom is 0.433 e. The van der Waals surface area contributed by atoms with Gasteiger partial charge in [-0.15, -0.1) is 12.4 Å². The van der Waals surface area contributed by atoms with E-state index in [2.05, 4.69) is 9.88 Å². The summed E-state index contributed by atoms with van der Waals surface area (Å²) in [6.45, 7) is 3.53. The Morgan fingerprint density at radius 1 is 1.30 bits per heavy atom. The number of hydrogen-bond acceptors (Lipinski definition) is 8. The predicted molar refractivity (Wildman–Crippen MR) is 111 cm³/mol. The quantitative estimate of drug-likeness (QED) is 0.414. The summed E-state index contributed by atoms with van der Waals surface area (Å²) in [7, 11) is 0. The number of halogens is 2. The monoisotopic (exact) mass is 456 g/mol. The van der Waals surface area contributed by atoms with Crippen molar-refractivity contribution in [1.82, 2.24) is 9.88 Å². The van der Waals surface area contributed by atoms with E-state index >= 15 is 0 Å². The number of furan rings is 1. The number of carbonyl (C=O) groups is 1. The topological polar surface area (TPSA) is 102 Å². The average Bonchev–Trinajstić information content (AvgIpc) is 3.37. The molecule has 0 N–H and O–H groups in total. The van der Waals surface area contributed by atoms with Crippen molar-refractivity contribution in [2.24, 2.45) is 0 Å². The molecule has 2 aromatic heterocycles. The zero-order valence-electron chi connectivity index (χ0n) is 15.7. The summed E-state index contributed by atoms with van der Waals surface area (Å²) in [5, 5.41) is 11.2. The van der Waals surface area contributed by atoms with E-state index in [4.69, 9.17) is 9.15 Å². The van der Waals surface area contributed by atoms with Gasteiger partial charge in [0.2, 0.25) is 0 Å². The molecule has 1 aromatic carbocycles. The molecule has 1 saturated heterocycles. The molecule has 9 nitrogen and oxygen atoms in total. The molecule has 0 spiro atoms. The molecule has 0 saturated carbocycles. The third kappa shape index (κ3) is 4.59. The first-order chi connectivity index (χ1) is 14.0. The van der Waals surface area contributed by atoms with E-state index in [1.54, 1.807) is 12.1 Å². The van der Waals surface area contributed by atoms with Gasteiger partial charge in [-0.1, -0.05) is 17.4 Å². The molecule has 1 aliphatic heterocycles. The van der Waals surface area contributed by atoms with Gasteiger partial charge in [0.15, 0.2) is 10.9 Å². The molecule has 1 amide bonds. The first kappa shape index (κ1) is 22.1. The van der Waals surface area contributed by atoms with Crippen LogP contribution in [-0.2, 0) is 4.74 Å². The van der Waals surface area contributed by atoms with Crippen LogP contribution in [-0.4, -0.2) is 60.1 Å². The normalized spacial score (nSPS) is 14.4. The lowest BCUT2D eigenvalue weighted by molar-refractivity contribution is -0.402. The number of amides is 1. The molecule has 1 aliphatic rings. The molecule has 0 radical (unpaired) electrons. The van der Waals surface area contributed by atoms with Crippen molar-refractivity contribution in [2.45, 2.75) is 0 Å². The Bertz CT molecular complexity index is 1050. The highest BCUT2D eigenvalue weighted by Gasteiger charge is 2.27. The van der Waals surface area contributed by atoms with E-state index in [0.717, 1.165) is 19.2 Å². The van der Waals surface area contributed by atoms with Gasteiger partial charge < -0.3 is 9.15 Å². The second kappa shape index (κ2) is 9.47. The third-order valence-corrected chi connectivity index (χ3v) is 5.60. The first-order valence-corrected chi connectivity index (χ1v) is 9.76. The smallest absolute Gasteiger partial charge is 0.395 e. The SMILES string of the molecule is Cl.O=C(c1ccc([N+](=O)[O-])o1)N(CCN1CCOCC1)c1nc2c(F)cccc2s1. The number of nitro groups is 1. The number of morpholine rings is 1. The van der Waals surface area contributed by atoms with E-state index in [1.807, 2.05) is 0 Å². The van der Waals surface area contributed by atoms with Crippen LogP contribution in [0.4, 0.5) is 15.4 Å². The van der Waals surface area contributed by atoms with E-state index in [0.29, 0.717) is 29.6 Å². The fourth-order valence-electron chi connectivity index (χ4n) is 3.04. The molecule has 3 heterocycles. The van der Waals surface area contributed by atoms with Crippen LogP contribution in [0.5, 0.6) is 0 Å². The van der Waals surface area contributed by atoms with Crippen LogP contribution in [0.2, 0.25) is 0 Å². The lowest BCUT2D eigenvalue weighted by Crippen LogP contribution is -2.43. The third-order valence-electron chi connectivity index (χ3n) is 4.56. The molecule has 12 heteroatoms. The Hall–Kier alpha value is -2.60. The van der Waals surface area contributed by atoms with Gasteiger partial charge in [-0.25, -0.2) is 9.37 Å². The fourth-order valence-corrected chi connectivity index (χ4v) is 4.05. The van der Waals surface area contributed by atoms with Crippen molar-refractivity contribution >= 4 is 50.9 Å². The molecule has 160 valence electrons. The summed E-state index contributed by atoms with van der Waals surface area (Å²) in [5.74, 6) is -1.72. The van der Waals surface area contributed by atoms with Crippen molar-refractivity contribution in [3.8, 4) is 0 Å². The van der Waals surface area contributed by atoms with Crippen LogP contribution in [0.15, 0.2) is 34.7 Å². The van der Waals surface area contributed by atoms with Crippen molar-refractivity contribution in [1.29, 1.82) is 0 Å². The van der Waals surface area contributed by atoms with Crippen molar-refractivity contribution in [3.05, 3.63) is 52.0 Å². The van der Waals surface area contributed by atoms with Gasteiger partial charge in [0.1, 0.15) is 16.3 Å². The highest BCUT2D eigenvalue weighted by molar-refractivity contribution is 7.22. The number of ether oxygens (including phenoxy) is 1. The molecule has 4 rings (SSSR count). The van der Waals surface area contributed by atoms with Crippen LogP contribution in [0.1, 0.15) is 10.6 Å². The van der Waals surface area contributed by atoms with Gasteiger partial charge in [0.05, 0.1) is 24.0 Å². The van der Waals surface area contributed by atoms with E-state index in [-0.39, 0.29) is 30.2 Å². The van der Waals surface area contributed by atoms with Crippen molar-refractivity contribution < 1.29 is 23.3 Å². The number of hydrogen-bond donors (Lipinski definition) is 0. The number of thiazole rings is 1. The van der Waals surface area contributed by atoms with E-state index in [9.17, 15) is 19.3 Å². The summed E-state index contributed by atoms with van der Waals surface area (Å²) >= 11 is 1.18. The van der Waals surface area contributed by atoms with Crippen molar-refractivity contribution in [3.63, 3.8) is 0 Å². The molecule has 1 fully saturated rings. The summed E-state index contributed by atoms with van der Waals surface area (Å²) < 4.78 is 25.1. The van der Waals surface area contributed by atoms with Crippen LogP contribution in [0.25, 0.3) is 10.2 Å². The maximum absolute atomic E-state index is 14.1. The minimum atomic E-state index is -0.706. The molecular formula is C18H18ClFN4O5S. The van der Waals surface area contributed by atoms with Crippen LogP contribution >= 0.6 is 23.7 Å². The number of para-hydroxylation sites is 1. The summed E-state index contributed by atoms with van der Waals surface area (Å²) in [5.41, 5.74) is 0.182. The van der Waals surface area contributed by atoms with E-state index < -0.39 is 22.5 Å². The van der Waals surface area contributed by atoms with E-state index in [1.165, 1.54) is 28.4 Å². The number of benzene rings is 1. The number of aromatic nitrogens is 1. The summed E-state index contributed by atoms with van der Waals surface area (Å²) in [4.78, 5) is 31.0. The summed E-state index contributed by atoms with van der Waals surface area (Å²) in [6.07, 6.45) is 0. The Morgan fingerprint density at radius 2 is 2.07 bits per heavy atom. The number of fused-ring (bicyclic) bond motifs is 1. The maximum atomic E-state index is 14.1. The highest BCUT2D eigenvalue weighted by Crippen LogP contribution is 2.31. The Kier molecular flexibility index (Phi) is 6.98. The van der Waals surface area contributed by atoms with Gasteiger partial charge in [-0.3, -0.25) is 24.7 Å². The van der Waals surface area contributed by atoms with Crippen LogP contribution in [0.3, 0.4) is 0 Å². The molecule has 0 atom stereocenters. The predicted octanol–water partition coefficient (Wildman–Crippen LogP) is 3.34. The van der Waals surface area contributed by atoms with Gasteiger partial charge in [0, 0.05) is 26.2 Å². The van der Waals surface area contributed by atoms with Crippen molar-refractivity contribution in [2.75, 3.05) is 44.3 Å². The Morgan fingerprint density at radius 3 is 2.73 bits per heavy atom. The molecule has 3 aromatic rings. The first-order valence-electron chi connectivity index (χ1n) is 8.94. The molecule has 0 bridgehead atoms. The largest absolute Gasteiger partial charge is 0.433 e. The minimum Gasteiger partial charge on any atom is -0.395 e. The molecule has 0 aliphatic carbocycles. The Balaban J connectivity index is 0.00000256. The second-order valence-electron chi connectivity index (χ2n) is 6.39. The average molecular weight is 457 g/mol. The zero-order valence-corrected chi connectivity index (χ0v) is 17.3. The lowest BCUT2D eigenvalue weighted by Gasteiger charge is -2.28. The second-order valence-corrected chi connectivity index (χ2v) is 7.40. The lowest BCUT2D eigenvalue weighted by atomic mass is 10.3. The fraction of sp³-hybridized carbons (Fsp3) is 0.333. The van der Waals surface area contributed by atoms with Gasteiger partial charge in [0.25, 0.3) is 5.91 Å². The van der Waals surface area contributed by atoms with Crippen LogP contribution < -0.4 is 4.90 Å². The number of carbonyl (C=O) groups excluding carboxylic acids is 1. The van der Waals surface area contributed by atoms with Gasteiger partial charge in [-0.05, 0) is 18.2 Å². The number of rotatable bonds is 6. The molecule has 0 unspecified atom stereocenters. The van der Waals surface area contributed by atoms with Gasteiger partial charge >= 0.3 is 5.88 Å². The van der Waals surface area contributed by atoms with Gasteiger partial charge in [-0.2, -0.15) is 0 Å². The van der Waals surface area contributed by atoms with Crippen LogP contribution in [0, 0.1) is 15.9 Å². The zero-order chi connectivity index (χ0) is 20.4. The highest BCUT2D eigenvalue weighted by atomic mass is 35.5. The molecular weight excluding hydrogens is 439 g/mol. The minimum absolute atomic E-state index is 0. The standard InChI is InChI=1S/C18H17FN4O5S.ClH/c19-12-2-1-3-14-16(12)20-18(29-14)22(7-6-21-8-10-27-11-9-21)17(24)13-4-5-15(28-13)23(25)26;/h1-5H,6-11H2;1H.